The SMILES string of the molecule is COC(=O)C(CC(C)C)NC(=O)CC1NC(=O)c2ccccc2NC1=O. The van der Waals surface area contributed by atoms with E-state index in [-0.39, 0.29) is 12.3 Å². The number of benzene rings is 1. The number of ether oxygens (including phenoxy) is 1. The largest absolute Gasteiger partial charge is 0.467 e. The molecule has 3 amide bonds. The third-order valence-corrected chi connectivity index (χ3v) is 3.97. The molecule has 3 N–H and O–H groups in total. The van der Waals surface area contributed by atoms with Gasteiger partial charge in [0, 0.05) is 0 Å². The molecule has 2 atom stereocenters. The number of anilines is 1. The first-order chi connectivity index (χ1) is 12.3. The molecule has 1 aliphatic rings. The van der Waals surface area contributed by atoms with E-state index in [4.69, 9.17) is 4.74 Å². The van der Waals surface area contributed by atoms with E-state index in [1.807, 2.05) is 13.8 Å². The molecule has 8 heteroatoms. The van der Waals surface area contributed by atoms with Crippen LogP contribution < -0.4 is 16.0 Å². The molecule has 26 heavy (non-hydrogen) atoms. The van der Waals surface area contributed by atoms with Crippen LogP contribution >= 0.6 is 0 Å². The highest BCUT2D eigenvalue weighted by molar-refractivity contribution is 6.10. The lowest BCUT2D eigenvalue weighted by Crippen LogP contribution is -2.48. The van der Waals surface area contributed by atoms with Crippen LogP contribution in [-0.2, 0) is 19.1 Å². The van der Waals surface area contributed by atoms with Gasteiger partial charge in [0.05, 0.1) is 24.8 Å². The lowest BCUT2D eigenvalue weighted by Gasteiger charge is -2.20. The van der Waals surface area contributed by atoms with Crippen molar-refractivity contribution in [3.05, 3.63) is 29.8 Å². The number of hydrogen-bond acceptors (Lipinski definition) is 5. The third kappa shape index (κ3) is 4.81. The summed E-state index contributed by atoms with van der Waals surface area (Å²) in [6, 6.07) is 4.76. The highest BCUT2D eigenvalue weighted by Gasteiger charge is 2.31. The van der Waals surface area contributed by atoms with Crippen LogP contribution in [0.5, 0.6) is 0 Å². The van der Waals surface area contributed by atoms with Crippen molar-refractivity contribution in [2.45, 2.75) is 38.8 Å². The summed E-state index contributed by atoms with van der Waals surface area (Å²) in [7, 11) is 1.25. The molecule has 2 rings (SSSR count). The second-order valence-corrected chi connectivity index (χ2v) is 6.54. The van der Waals surface area contributed by atoms with Gasteiger partial charge in [0.15, 0.2) is 0 Å². The number of hydrogen-bond donors (Lipinski definition) is 3. The summed E-state index contributed by atoms with van der Waals surface area (Å²) in [4.78, 5) is 48.7. The van der Waals surface area contributed by atoms with E-state index in [9.17, 15) is 19.2 Å². The van der Waals surface area contributed by atoms with Crippen LogP contribution in [0.25, 0.3) is 0 Å². The van der Waals surface area contributed by atoms with E-state index in [2.05, 4.69) is 16.0 Å². The second kappa shape index (κ2) is 8.46. The molecule has 1 aliphatic heterocycles. The molecule has 0 saturated carbocycles. The van der Waals surface area contributed by atoms with Gasteiger partial charge in [-0.25, -0.2) is 4.79 Å². The Kier molecular flexibility index (Phi) is 6.32. The van der Waals surface area contributed by atoms with Crippen LogP contribution in [0.4, 0.5) is 5.69 Å². The Morgan fingerprint density at radius 3 is 2.58 bits per heavy atom. The molecule has 0 radical (unpaired) electrons. The minimum absolute atomic E-state index is 0.162. The van der Waals surface area contributed by atoms with Gasteiger partial charge in [-0.3, -0.25) is 14.4 Å². The van der Waals surface area contributed by atoms with Crippen molar-refractivity contribution >= 4 is 29.4 Å². The Morgan fingerprint density at radius 1 is 1.23 bits per heavy atom. The van der Waals surface area contributed by atoms with Gasteiger partial charge in [0.25, 0.3) is 5.91 Å². The van der Waals surface area contributed by atoms with Crippen molar-refractivity contribution in [2.24, 2.45) is 5.92 Å². The van der Waals surface area contributed by atoms with Crippen LogP contribution in [0.2, 0.25) is 0 Å². The number of fused-ring (bicyclic) bond motifs is 1. The van der Waals surface area contributed by atoms with Crippen LogP contribution in [0.15, 0.2) is 24.3 Å². The number of carbonyl (C=O) groups excluding carboxylic acids is 4. The minimum Gasteiger partial charge on any atom is -0.467 e. The average molecular weight is 361 g/mol. The molecule has 8 nitrogen and oxygen atoms in total. The van der Waals surface area contributed by atoms with Gasteiger partial charge in [0.1, 0.15) is 12.1 Å². The van der Waals surface area contributed by atoms with Crippen LogP contribution in [0, 0.1) is 5.92 Å². The summed E-state index contributed by atoms with van der Waals surface area (Å²) in [5.41, 5.74) is 0.723. The Labute approximate surface area is 151 Å². The Balaban J connectivity index is 2.05. The van der Waals surface area contributed by atoms with Gasteiger partial charge in [0.2, 0.25) is 11.8 Å². The first-order valence-corrected chi connectivity index (χ1v) is 8.39. The topological polar surface area (TPSA) is 114 Å². The number of para-hydroxylation sites is 1. The molecule has 0 aromatic heterocycles. The first-order valence-electron chi connectivity index (χ1n) is 8.39. The second-order valence-electron chi connectivity index (χ2n) is 6.54. The van der Waals surface area contributed by atoms with Gasteiger partial charge in [-0.2, -0.15) is 0 Å². The zero-order valence-corrected chi connectivity index (χ0v) is 15.0. The molecule has 1 aromatic carbocycles. The number of nitrogens with one attached hydrogen (secondary N) is 3. The fourth-order valence-electron chi connectivity index (χ4n) is 2.72. The number of carbonyl (C=O) groups is 4. The fraction of sp³-hybridized carbons (Fsp3) is 0.444. The van der Waals surface area contributed by atoms with Crippen molar-refractivity contribution in [3.8, 4) is 0 Å². The fourth-order valence-corrected chi connectivity index (χ4v) is 2.72. The zero-order valence-electron chi connectivity index (χ0n) is 15.0. The maximum Gasteiger partial charge on any atom is 0.328 e. The van der Waals surface area contributed by atoms with E-state index < -0.39 is 35.8 Å². The van der Waals surface area contributed by atoms with Crippen LogP contribution in [-0.4, -0.2) is 42.9 Å². The molecule has 1 heterocycles. The predicted octanol–water partition coefficient (Wildman–Crippen LogP) is 0.831. The number of esters is 1. The van der Waals surface area contributed by atoms with E-state index >= 15 is 0 Å². The highest BCUT2D eigenvalue weighted by atomic mass is 16.5. The maximum atomic E-state index is 12.3. The van der Waals surface area contributed by atoms with Gasteiger partial charge in [-0.1, -0.05) is 26.0 Å². The van der Waals surface area contributed by atoms with E-state index in [1.165, 1.54) is 7.11 Å². The Hall–Kier alpha value is -2.90. The molecule has 0 spiro atoms. The standard InChI is InChI=1S/C18H23N3O5/c1-10(2)8-14(18(25)26-3)19-15(22)9-13-17(24)20-12-7-5-4-6-11(12)16(23)21-13/h4-7,10,13-14H,8-9H2,1-3H3,(H,19,22)(H,20,24)(H,21,23). The molecule has 2 unspecified atom stereocenters. The van der Waals surface area contributed by atoms with Crippen molar-refractivity contribution in [1.82, 2.24) is 10.6 Å². The third-order valence-electron chi connectivity index (χ3n) is 3.97. The van der Waals surface area contributed by atoms with E-state index in [1.54, 1.807) is 24.3 Å². The minimum atomic E-state index is -1.03. The van der Waals surface area contributed by atoms with Crippen LogP contribution in [0.3, 0.4) is 0 Å². The monoisotopic (exact) mass is 361 g/mol. The highest BCUT2D eigenvalue weighted by Crippen LogP contribution is 2.18. The average Bonchev–Trinajstić information content (AvgIpc) is 2.70. The van der Waals surface area contributed by atoms with Crippen molar-refractivity contribution in [2.75, 3.05) is 12.4 Å². The Morgan fingerprint density at radius 2 is 1.92 bits per heavy atom. The maximum absolute atomic E-state index is 12.3. The molecule has 0 bridgehead atoms. The Bertz CT molecular complexity index is 717. The molecular formula is C18H23N3O5. The van der Waals surface area contributed by atoms with Crippen LogP contribution in [0.1, 0.15) is 37.0 Å². The van der Waals surface area contributed by atoms with Crippen molar-refractivity contribution in [3.63, 3.8) is 0 Å². The summed E-state index contributed by atoms with van der Waals surface area (Å²) in [5, 5.41) is 7.76. The smallest absolute Gasteiger partial charge is 0.328 e. The van der Waals surface area contributed by atoms with Gasteiger partial charge >= 0.3 is 5.97 Å². The molecule has 0 aliphatic carbocycles. The first kappa shape index (κ1) is 19.4. The number of methoxy groups -OCH3 is 1. The number of rotatable bonds is 6. The number of amides is 3. The molecule has 0 fully saturated rings. The molecule has 0 saturated heterocycles. The quantitative estimate of drug-likeness (QED) is 0.650. The van der Waals surface area contributed by atoms with Gasteiger partial charge < -0.3 is 20.7 Å². The molecule has 1 aromatic rings. The van der Waals surface area contributed by atoms with Crippen molar-refractivity contribution < 1.29 is 23.9 Å². The summed E-state index contributed by atoms with van der Waals surface area (Å²) in [6.07, 6.45) is 0.129. The molecule has 140 valence electrons. The normalized spacial score (nSPS) is 17.5. The van der Waals surface area contributed by atoms with E-state index in [0.29, 0.717) is 17.7 Å². The summed E-state index contributed by atoms with van der Waals surface area (Å²) in [5.74, 6) is -1.84. The van der Waals surface area contributed by atoms with Gasteiger partial charge in [-0.05, 0) is 24.5 Å². The lowest BCUT2D eigenvalue weighted by atomic mass is 10.0. The summed E-state index contributed by atoms with van der Waals surface area (Å²) >= 11 is 0. The summed E-state index contributed by atoms with van der Waals surface area (Å²) < 4.78 is 4.70. The van der Waals surface area contributed by atoms with Gasteiger partial charge in [-0.15, -0.1) is 0 Å². The van der Waals surface area contributed by atoms with Crippen molar-refractivity contribution in [1.29, 1.82) is 0 Å². The van der Waals surface area contributed by atoms with E-state index in [0.717, 1.165) is 0 Å². The zero-order chi connectivity index (χ0) is 19.3. The predicted molar refractivity (Wildman–Crippen MR) is 94.3 cm³/mol. The summed E-state index contributed by atoms with van der Waals surface area (Å²) in [6.45, 7) is 3.83. The lowest BCUT2D eigenvalue weighted by molar-refractivity contribution is -0.145. The molecular weight excluding hydrogens is 338 g/mol.